The van der Waals surface area contributed by atoms with Gasteiger partial charge in [-0.3, -0.25) is 9.69 Å². The molecule has 2 aromatic rings. The summed E-state index contributed by atoms with van der Waals surface area (Å²) in [4.78, 5) is 18.4. The number of benzene rings is 2. The number of hydrogen-bond donors (Lipinski definition) is 2. The average Bonchev–Trinajstić information content (AvgIpc) is 2.86. The lowest BCUT2D eigenvalue weighted by atomic mass is 9.82. The first-order valence-corrected chi connectivity index (χ1v) is 7.89. The normalized spacial score (nSPS) is 19.5. The number of aliphatic imine (C=N–C) groups is 1. The highest BCUT2D eigenvalue weighted by Gasteiger charge is 2.49. The third kappa shape index (κ3) is 3.16. The fourth-order valence-corrected chi connectivity index (χ4v) is 2.88. The number of carbonyl (C=O) groups excluding carboxylic acids is 1. The van der Waals surface area contributed by atoms with Gasteiger partial charge >= 0.3 is 0 Å². The van der Waals surface area contributed by atoms with Gasteiger partial charge in [0.05, 0.1) is 0 Å². The van der Waals surface area contributed by atoms with E-state index in [2.05, 4.69) is 4.99 Å². The number of guanidine groups is 1. The van der Waals surface area contributed by atoms with Gasteiger partial charge in [0, 0.05) is 7.05 Å². The van der Waals surface area contributed by atoms with Crippen molar-refractivity contribution in [1.29, 1.82) is 0 Å². The molecule has 1 heterocycles. The molecular weight excluding hydrogens is 363 g/mol. The highest BCUT2D eigenvalue weighted by Crippen LogP contribution is 2.41. The molecule has 0 radical (unpaired) electrons. The molecule has 142 valence electrons. The van der Waals surface area contributed by atoms with Crippen LogP contribution in [0.1, 0.15) is 11.1 Å². The minimum atomic E-state index is -2.79. The number of likely N-dealkylation sites (N-methyl/N-ethyl adjacent to an activating group) is 1. The zero-order valence-corrected chi connectivity index (χ0v) is 14.2. The number of hydrogen-bond acceptors (Lipinski definition) is 5. The van der Waals surface area contributed by atoms with Gasteiger partial charge in [0.25, 0.3) is 12.3 Å². The SMILES string of the molecule is CN1C(=O)[C@](c2ccc(O)cc2)(c2ccc(F)c(OCC(F)F)c2)N=C1N. The molecule has 0 aromatic heterocycles. The average molecular weight is 379 g/mol. The number of carbonyl (C=O) groups is 1. The van der Waals surface area contributed by atoms with E-state index in [9.17, 15) is 23.1 Å². The Balaban J connectivity index is 2.17. The van der Waals surface area contributed by atoms with E-state index in [-0.39, 0.29) is 17.3 Å². The zero-order valence-electron chi connectivity index (χ0n) is 14.2. The standard InChI is InChI=1S/C18H16F3N3O3/c1-24-16(26)18(23-17(24)22,10-2-5-12(25)6-3-10)11-4-7-13(19)14(8-11)27-9-15(20)21/h2-8,15,25H,9H2,1H3,(H2,22,23)/t18-/m0/s1. The molecule has 0 aliphatic carbocycles. The predicted molar refractivity (Wildman–Crippen MR) is 91.2 cm³/mol. The van der Waals surface area contributed by atoms with E-state index in [1.54, 1.807) is 0 Å². The van der Waals surface area contributed by atoms with Crippen molar-refractivity contribution >= 4 is 11.9 Å². The molecule has 0 saturated heterocycles. The van der Waals surface area contributed by atoms with Crippen molar-refractivity contribution in [3.8, 4) is 11.5 Å². The number of amides is 1. The lowest BCUT2D eigenvalue weighted by Gasteiger charge is -2.26. The number of ether oxygens (including phenoxy) is 1. The molecule has 0 saturated carbocycles. The molecule has 9 heteroatoms. The number of phenols is 1. The number of aromatic hydroxyl groups is 1. The molecule has 27 heavy (non-hydrogen) atoms. The highest BCUT2D eigenvalue weighted by molar-refractivity contribution is 6.08. The van der Waals surface area contributed by atoms with E-state index in [0.29, 0.717) is 5.56 Å². The summed E-state index contributed by atoms with van der Waals surface area (Å²) in [7, 11) is 1.43. The third-order valence-electron chi connectivity index (χ3n) is 4.24. The molecule has 1 aliphatic rings. The second kappa shape index (κ2) is 6.82. The summed E-state index contributed by atoms with van der Waals surface area (Å²) in [5, 5.41) is 9.53. The molecule has 3 N–H and O–H groups in total. The molecule has 1 atom stereocenters. The van der Waals surface area contributed by atoms with E-state index in [0.717, 1.165) is 17.0 Å². The van der Waals surface area contributed by atoms with Crippen molar-refractivity contribution in [2.75, 3.05) is 13.7 Å². The van der Waals surface area contributed by atoms with Gasteiger partial charge in [-0.2, -0.15) is 0 Å². The van der Waals surface area contributed by atoms with Crippen LogP contribution in [-0.4, -0.2) is 42.0 Å². The minimum absolute atomic E-state index is 0.0234. The van der Waals surface area contributed by atoms with Crippen LogP contribution in [0.25, 0.3) is 0 Å². The Hall–Kier alpha value is -3.23. The summed E-state index contributed by atoms with van der Waals surface area (Å²) in [5.74, 6) is -1.88. The van der Waals surface area contributed by atoms with Gasteiger partial charge in [-0.05, 0) is 35.4 Å². The monoisotopic (exact) mass is 379 g/mol. The van der Waals surface area contributed by atoms with Gasteiger partial charge in [-0.25, -0.2) is 18.2 Å². The summed E-state index contributed by atoms with van der Waals surface area (Å²) in [6, 6.07) is 9.16. The van der Waals surface area contributed by atoms with Crippen molar-refractivity contribution in [2.24, 2.45) is 10.7 Å². The number of rotatable bonds is 5. The number of nitrogens with zero attached hydrogens (tertiary/aromatic N) is 2. The molecule has 0 fully saturated rings. The van der Waals surface area contributed by atoms with Crippen LogP contribution < -0.4 is 10.5 Å². The Labute approximate surface area is 152 Å². The summed E-state index contributed by atoms with van der Waals surface area (Å²) < 4.78 is 43.6. The number of nitrogens with two attached hydrogens (primary N) is 1. The fourth-order valence-electron chi connectivity index (χ4n) is 2.88. The van der Waals surface area contributed by atoms with Crippen molar-refractivity contribution in [3.05, 3.63) is 59.4 Å². The van der Waals surface area contributed by atoms with Crippen LogP contribution in [0, 0.1) is 5.82 Å². The first-order valence-electron chi connectivity index (χ1n) is 7.89. The molecule has 0 bridgehead atoms. The molecule has 3 rings (SSSR count). The van der Waals surface area contributed by atoms with E-state index in [4.69, 9.17) is 10.5 Å². The van der Waals surface area contributed by atoms with Gasteiger partial charge in [-0.15, -0.1) is 0 Å². The smallest absolute Gasteiger partial charge is 0.272 e. The molecule has 0 unspecified atom stereocenters. The summed E-state index contributed by atoms with van der Waals surface area (Å²) >= 11 is 0. The summed E-state index contributed by atoms with van der Waals surface area (Å²) in [6.07, 6.45) is -2.79. The van der Waals surface area contributed by atoms with Crippen LogP contribution in [0.4, 0.5) is 13.2 Å². The third-order valence-corrected chi connectivity index (χ3v) is 4.24. The lowest BCUT2D eigenvalue weighted by Crippen LogP contribution is -2.41. The van der Waals surface area contributed by atoms with E-state index in [1.165, 1.54) is 37.4 Å². The molecule has 1 amide bonds. The van der Waals surface area contributed by atoms with Crippen molar-refractivity contribution in [1.82, 2.24) is 4.90 Å². The van der Waals surface area contributed by atoms with Crippen LogP contribution in [0.15, 0.2) is 47.5 Å². The van der Waals surface area contributed by atoms with Crippen LogP contribution in [0.2, 0.25) is 0 Å². The van der Waals surface area contributed by atoms with Crippen LogP contribution in [0.3, 0.4) is 0 Å². The second-order valence-corrected chi connectivity index (χ2v) is 5.94. The van der Waals surface area contributed by atoms with Crippen LogP contribution in [0.5, 0.6) is 11.5 Å². The van der Waals surface area contributed by atoms with Gasteiger partial charge in [0.15, 0.2) is 23.1 Å². The van der Waals surface area contributed by atoms with Crippen molar-refractivity contribution in [2.45, 2.75) is 12.0 Å². The minimum Gasteiger partial charge on any atom is -0.508 e. The van der Waals surface area contributed by atoms with Gasteiger partial charge < -0.3 is 15.6 Å². The maximum absolute atomic E-state index is 14.0. The van der Waals surface area contributed by atoms with E-state index < -0.39 is 36.0 Å². The van der Waals surface area contributed by atoms with Crippen LogP contribution in [-0.2, 0) is 10.3 Å². The summed E-state index contributed by atoms with van der Waals surface area (Å²) in [6.45, 7) is -0.994. The Kier molecular flexibility index (Phi) is 4.69. The molecular formula is C18H16F3N3O3. The highest BCUT2D eigenvalue weighted by atomic mass is 19.3. The second-order valence-electron chi connectivity index (χ2n) is 5.94. The Morgan fingerprint density at radius 2 is 1.85 bits per heavy atom. The Morgan fingerprint density at radius 1 is 1.22 bits per heavy atom. The molecule has 6 nitrogen and oxygen atoms in total. The Morgan fingerprint density at radius 3 is 2.41 bits per heavy atom. The maximum atomic E-state index is 14.0. The van der Waals surface area contributed by atoms with Crippen molar-refractivity contribution in [3.63, 3.8) is 0 Å². The topological polar surface area (TPSA) is 88.2 Å². The van der Waals surface area contributed by atoms with Gasteiger partial charge in [0.1, 0.15) is 12.4 Å². The quantitative estimate of drug-likeness (QED) is 0.834. The summed E-state index contributed by atoms with van der Waals surface area (Å²) in [5.41, 5.74) is 4.72. The Bertz CT molecular complexity index is 902. The fraction of sp³-hybridized carbons (Fsp3) is 0.222. The molecule has 1 aliphatic heterocycles. The largest absolute Gasteiger partial charge is 0.508 e. The molecule has 0 spiro atoms. The van der Waals surface area contributed by atoms with E-state index >= 15 is 0 Å². The zero-order chi connectivity index (χ0) is 19.8. The van der Waals surface area contributed by atoms with Gasteiger partial charge in [0.2, 0.25) is 0 Å². The first kappa shape index (κ1) is 18.6. The number of phenolic OH excluding ortho intramolecular Hbond substituents is 1. The number of alkyl halides is 2. The first-order chi connectivity index (χ1) is 12.8. The predicted octanol–water partition coefficient (Wildman–Crippen LogP) is 2.21. The lowest BCUT2D eigenvalue weighted by molar-refractivity contribution is -0.129. The van der Waals surface area contributed by atoms with Gasteiger partial charge in [-0.1, -0.05) is 18.2 Å². The molecule has 2 aromatic carbocycles. The maximum Gasteiger partial charge on any atom is 0.272 e. The van der Waals surface area contributed by atoms with Crippen molar-refractivity contribution < 1.29 is 27.8 Å². The van der Waals surface area contributed by atoms with Crippen LogP contribution >= 0.6 is 0 Å². The number of halogens is 3. The van der Waals surface area contributed by atoms with E-state index in [1.807, 2.05) is 0 Å².